The average molecular weight is 350 g/mol. The first-order chi connectivity index (χ1) is 11.1. The van der Waals surface area contributed by atoms with E-state index in [1.54, 1.807) is 28.1 Å². The molecule has 0 spiro atoms. The van der Waals surface area contributed by atoms with Crippen LogP contribution < -0.4 is 4.90 Å². The normalized spacial score (nSPS) is 14.3. The van der Waals surface area contributed by atoms with Crippen LogP contribution in [0.1, 0.15) is 18.4 Å². The van der Waals surface area contributed by atoms with Crippen molar-refractivity contribution in [2.45, 2.75) is 19.3 Å². The molecule has 1 fully saturated rings. The molecular formula is C16H16ClN3O2S. The molecule has 1 saturated heterocycles. The van der Waals surface area contributed by atoms with Crippen LogP contribution in [0.15, 0.2) is 35.8 Å². The van der Waals surface area contributed by atoms with E-state index in [1.807, 2.05) is 17.5 Å². The maximum atomic E-state index is 12.7. The summed E-state index contributed by atoms with van der Waals surface area (Å²) in [5.74, 6) is 0.00724. The molecule has 0 unspecified atom stereocenters. The van der Waals surface area contributed by atoms with Gasteiger partial charge in [-0.25, -0.2) is 4.98 Å². The van der Waals surface area contributed by atoms with Crippen molar-refractivity contribution in [3.63, 3.8) is 0 Å². The van der Waals surface area contributed by atoms with Crippen LogP contribution >= 0.6 is 22.9 Å². The van der Waals surface area contributed by atoms with Crippen LogP contribution in [0.2, 0.25) is 5.02 Å². The fourth-order valence-electron chi connectivity index (χ4n) is 2.49. The molecule has 0 N–H and O–H groups in total. The molecule has 3 rings (SSSR count). The highest BCUT2D eigenvalue weighted by Crippen LogP contribution is 2.21. The minimum Gasteiger partial charge on any atom is -0.324 e. The topological polar surface area (TPSA) is 53.5 Å². The van der Waals surface area contributed by atoms with Gasteiger partial charge in [0.05, 0.1) is 6.42 Å². The zero-order valence-corrected chi connectivity index (χ0v) is 14.0. The van der Waals surface area contributed by atoms with Crippen molar-refractivity contribution in [2.75, 3.05) is 18.1 Å². The third-order valence-corrected chi connectivity index (χ3v) is 4.75. The molecule has 2 aromatic rings. The predicted octanol–water partition coefficient (Wildman–Crippen LogP) is 2.95. The molecule has 120 valence electrons. The highest BCUT2D eigenvalue weighted by molar-refractivity contribution is 7.13. The van der Waals surface area contributed by atoms with Crippen molar-refractivity contribution in [3.05, 3.63) is 46.4 Å². The molecule has 1 aromatic carbocycles. The van der Waals surface area contributed by atoms with E-state index in [0.717, 1.165) is 12.0 Å². The van der Waals surface area contributed by atoms with Crippen molar-refractivity contribution in [3.8, 4) is 0 Å². The zero-order chi connectivity index (χ0) is 16.2. The third kappa shape index (κ3) is 3.89. The van der Waals surface area contributed by atoms with Gasteiger partial charge in [-0.05, 0) is 24.1 Å². The SMILES string of the molecule is O=C1CCCN1CN(C(=O)Cc1ccc(Cl)cc1)c1nccs1. The summed E-state index contributed by atoms with van der Waals surface area (Å²) in [4.78, 5) is 32.1. The van der Waals surface area contributed by atoms with E-state index in [-0.39, 0.29) is 24.9 Å². The number of carbonyl (C=O) groups excluding carboxylic acids is 2. The van der Waals surface area contributed by atoms with E-state index in [1.165, 1.54) is 11.3 Å². The summed E-state index contributed by atoms with van der Waals surface area (Å²) in [6.45, 7) is 0.952. The Morgan fingerprint density at radius 1 is 1.35 bits per heavy atom. The minimum absolute atomic E-state index is 0.0815. The molecule has 0 radical (unpaired) electrons. The smallest absolute Gasteiger partial charge is 0.234 e. The van der Waals surface area contributed by atoms with Gasteiger partial charge in [0.15, 0.2) is 5.13 Å². The maximum absolute atomic E-state index is 12.7. The van der Waals surface area contributed by atoms with E-state index in [2.05, 4.69) is 4.98 Å². The molecule has 2 heterocycles. The fraction of sp³-hybridized carbons (Fsp3) is 0.312. The number of anilines is 1. The summed E-state index contributed by atoms with van der Waals surface area (Å²) in [6, 6.07) is 7.20. The third-order valence-electron chi connectivity index (χ3n) is 3.70. The summed E-state index contributed by atoms with van der Waals surface area (Å²) in [7, 11) is 0. The fourth-order valence-corrected chi connectivity index (χ4v) is 3.27. The maximum Gasteiger partial charge on any atom is 0.234 e. The van der Waals surface area contributed by atoms with Crippen LogP contribution in [0.4, 0.5) is 5.13 Å². The molecule has 7 heteroatoms. The van der Waals surface area contributed by atoms with E-state index in [9.17, 15) is 9.59 Å². The number of hydrogen-bond donors (Lipinski definition) is 0. The van der Waals surface area contributed by atoms with Crippen LogP contribution in [-0.2, 0) is 16.0 Å². The standard InChI is InChI=1S/C16H16ClN3O2S/c17-13-5-3-12(4-6-13)10-15(22)20(16-18-7-9-23-16)11-19-8-1-2-14(19)21/h3-7,9H,1-2,8,10-11H2. The summed E-state index contributed by atoms with van der Waals surface area (Å²) >= 11 is 7.27. The lowest BCUT2D eigenvalue weighted by molar-refractivity contribution is -0.128. The van der Waals surface area contributed by atoms with Crippen molar-refractivity contribution in [2.24, 2.45) is 0 Å². The number of hydrogen-bond acceptors (Lipinski definition) is 4. The lowest BCUT2D eigenvalue weighted by Crippen LogP contribution is -2.43. The summed E-state index contributed by atoms with van der Waals surface area (Å²) < 4.78 is 0. The second kappa shape index (κ2) is 7.10. The molecule has 1 aliphatic heterocycles. The number of halogens is 1. The minimum atomic E-state index is -0.0815. The van der Waals surface area contributed by atoms with E-state index < -0.39 is 0 Å². The Morgan fingerprint density at radius 2 is 2.13 bits per heavy atom. The number of likely N-dealkylation sites (tertiary alicyclic amines) is 1. The van der Waals surface area contributed by atoms with Gasteiger partial charge in [0, 0.05) is 29.6 Å². The number of amides is 2. The van der Waals surface area contributed by atoms with Crippen LogP contribution in [-0.4, -0.2) is 34.9 Å². The Bertz CT molecular complexity index is 688. The van der Waals surface area contributed by atoms with Crippen LogP contribution in [0, 0.1) is 0 Å². The van der Waals surface area contributed by atoms with Crippen LogP contribution in [0.5, 0.6) is 0 Å². The first-order valence-corrected chi connectivity index (χ1v) is 8.61. The summed E-state index contributed by atoms with van der Waals surface area (Å²) in [6.07, 6.45) is 3.31. The van der Waals surface area contributed by atoms with E-state index in [0.29, 0.717) is 23.1 Å². The van der Waals surface area contributed by atoms with Gasteiger partial charge in [-0.1, -0.05) is 23.7 Å². The Labute approximate surface area is 143 Å². The number of thiazole rings is 1. The molecular weight excluding hydrogens is 334 g/mol. The summed E-state index contributed by atoms with van der Waals surface area (Å²) in [5.41, 5.74) is 0.883. The van der Waals surface area contributed by atoms with Gasteiger partial charge < -0.3 is 4.90 Å². The molecule has 1 aliphatic rings. The lowest BCUT2D eigenvalue weighted by atomic mass is 10.1. The van der Waals surface area contributed by atoms with Crippen molar-refractivity contribution in [1.29, 1.82) is 0 Å². The van der Waals surface area contributed by atoms with Crippen LogP contribution in [0.3, 0.4) is 0 Å². The first kappa shape index (κ1) is 16.0. The molecule has 2 amide bonds. The van der Waals surface area contributed by atoms with E-state index >= 15 is 0 Å². The number of carbonyl (C=O) groups is 2. The zero-order valence-electron chi connectivity index (χ0n) is 12.4. The Kier molecular flexibility index (Phi) is 4.93. The van der Waals surface area contributed by atoms with E-state index in [4.69, 9.17) is 11.6 Å². The van der Waals surface area contributed by atoms with Crippen molar-refractivity contribution < 1.29 is 9.59 Å². The van der Waals surface area contributed by atoms with Gasteiger partial charge in [-0.2, -0.15) is 0 Å². The molecule has 23 heavy (non-hydrogen) atoms. The second-order valence-electron chi connectivity index (χ2n) is 5.34. The van der Waals surface area contributed by atoms with Gasteiger partial charge in [-0.3, -0.25) is 14.5 Å². The Balaban J connectivity index is 1.75. The average Bonchev–Trinajstić information content (AvgIpc) is 3.19. The van der Waals surface area contributed by atoms with Gasteiger partial charge >= 0.3 is 0 Å². The number of rotatable bonds is 5. The van der Waals surface area contributed by atoms with Crippen LogP contribution in [0.25, 0.3) is 0 Å². The Morgan fingerprint density at radius 3 is 2.74 bits per heavy atom. The van der Waals surface area contributed by atoms with Gasteiger partial charge in [0.2, 0.25) is 11.8 Å². The molecule has 0 atom stereocenters. The van der Waals surface area contributed by atoms with Crippen molar-refractivity contribution in [1.82, 2.24) is 9.88 Å². The molecule has 1 aromatic heterocycles. The summed E-state index contributed by atoms with van der Waals surface area (Å²) in [5, 5.41) is 3.08. The Hall–Kier alpha value is -1.92. The molecule has 5 nitrogen and oxygen atoms in total. The largest absolute Gasteiger partial charge is 0.324 e. The molecule has 0 aliphatic carbocycles. The molecule has 0 saturated carbocycles. The van der Waals surface area contributed by atoms with Gasteiger partial charge in [0.1, 0.15) is 6.67 Å². The highest BCUT2D eigenvalue weighted by Gasteiger charge is 2.26. The van der Waals surface area contributed by atoms with Crippen molar-refractivity contribution >= 4 is 39.9 Å². The lowest BCUT2D eigenvalue weighted by Gasteiger charge is -2.26. The molecule has 0 bridgehead atoms. The second-order valence-corrected chi connectivity index (χ2v) is 6.65. The quantitative estimate of drug-likeness (QED) is 0.834. The number of aromatic nitrogens is 1. The monoisotopic (exact) mass is 349 g/mol. The highest BCUT2D eigenvalue weighted by atomic mass is 35.5. The predicted molar refractivity (Wildman–Crippen MR) is 90.6 cm³/mol. The van der Waals surface area contributed by atoms with Gasteiger partial charge in [0.25, 0.3) is 0 Å². The van der Waals surface area contributed by atoms with Gasteiger partial charge in [-0.15, -0.1) is 11.3 Å². The number of benzene rings is 1. The first-order valence-electron chi connectivity index (χ1n) is 7.35. The number of nitrogens with zero attached hydrogens (tertiary/aromatic N) is 3.